The SMILES string of the molecule is C=CCC(O)C(O)CO.NC(=O)O. The monoisotopic (exact) mass is 193 g/mol. The van der Waals surface area contributed by atoms with Gasteiger partial charge in [-0.25, -0.2) is 4.79 Å². The van der Waals surface area contributed by atoms with E-state index in [1.807, 2.05) is 0 Å². The molecule has 0 saturated carbocycles. The third kappa shape index (κ3) is 13.8. The van der Waals surface area contributed by atoms with Crippen molar-refractivity contribution in [2.24, 2.45) is 5.73 Å². The molecule has 0 saturated heterocycles. The number of hydrogen-bond acceptors (Lipinski definition) is 4. The molecule has 0 rings (SSSR count). The maximum absolute atomic E-state index is 8.84. The van der Waals surface area contributed by atoms with Crippen LogP contribution in [0.3, 0.4) is 0 Å². The zero-order chi connectivity index (χ0) is 10.9. The van der Waals surface area contributed by atoms with Crippen molar-refractivity contribution in [2.45, 2.75) is 18.6 Å². The summed E-state index contributed by atoms with van der Waals surface area (Å²) in [5.74, 6) is 0. The van der Waals surface area contributed by atoms with Gasteiger partial charge in [-0.2, -0.15) is 0 Å². The van der Waals surface area contributed by atoms with Crippen LogP contribution in [0.2, 0.25) is 0 Å². The van der Waals surface area contributed by atoms with E-state index in [2.05, 4.69) is 12.3 Å². The third-order valence-corrected chi connectivity index (χ3v) is 1.04. The van der Waals surface area contributed by atoms with Crippen LogP contribution in [0.1, 0.15) is 6.42 Å². The van der Waals surface area contributed by atoms with Gasteiger partial charge in [0, 0.05) is 0 Å². The summed E-state index contributed by atoms with van der Waals surface area (Å²) in [6.07, 6.45) is -1.46. The van der Waals surface area contributed by atoms with Crippen molar-refractivity contribution in [3.05, 3.63) is 12.7 Å². The lowest BCUT2D eigenvalue weighted by atomic mass is 10.1. The largest absolute Gasteiger partial charge is 0.465 e. The maximum atomic E-state index is 8.84. The van der Waals surface area contributed by atoms with Gasteiger partial charge in [-0.1, -0.05) is 6.08 Å². The normalized spacial score (nSPS) is 13.5. The predicted octanol–water partition coefficient (Wildman–Crippen LogP) is -1.10. The zero-order valence-electron chi connectivity index (χ0n) is 7.13. The average Bonchev–Trinajstić information content (AvgIpc) is 2.02. The minimum Gasteiger partial charge on any atom is -0.465 e. The molecule has 0 radical (unpaired) electrons. The fourth-order valence-corrected chi connectivity index (χ4v) is 0.450. The summed E-state index contributed by atoms with van der Waals surface area (Å²) in [5.41, 5.74) is 4.03. The molecule has 0 heterocycles. The fourth-order valence-electron chi connectivity index (χ4n) is 0.450. The molecule has 13 heavy (non-hydrogen) atoms. The van der Waals surface area contributed by atoms with Crippen molar-refractivity contribution in [1.82, 2.24) is 0 Å². The smallest absolute Gasteiger partial charge is 0.402 e. The zero-order valence-corrected chi connectivity index (χ0v) is 7.13. The van der Waals surface area contributed by atoms with E-state index in [0.717, 1.165) is 0 Å². The van der Waals surface area contributed by atoms with Crippen molar-refractivity contribution < 1.29 is 25.2 Å². The first-order valence-corrected chi connectivity index (χ1v) is 3.52. The van der Waals surface area contributed by atoms with E-state index in [9.17, 15) is 0 Å². The number of hydrogen-bond donors (Lipinski definition) is 5. The molecule has 0 aromatic rings. The Morgan fingerprint density at radius 3 is 2.08 bits per heavy atom. The fraction of sp³-hybridized carbons (Fsp3) is 0.571. The highest BCUT2D eigenvalue weighted by molar-refractivity contribution is 5.61. The van der Waals surface area contributed by atoms with Gasteiger partial charge in [0.25, 0.3) is 0 Å². The highest BCUT2D eigenvalue weighted by Gasteiger charge is 2.11. The van der Waals surface area contributed by atoms with Crippen LogP contribution in [0.4, 0.5) is 4.79 Å². The molecule has 1 amide bonds. The van der Waals surface area contributed by atoms with Crippen LogP contribution in [0.15, 0.2) is 12.7 Å². The van der Waals surface area contributed by atoms with Crippen molar-refractivity contribution >= 4 is 6.09 Å². The Hall–Kier alpha value is -1.11. The van der Waals surface area contributed by atoms with Gasteiger partial charge in [-0.3, -0.25) is 0 Å². The molecule has 0 aliphatic carbocycles. The molecule has 6 heteroatoms. The Morgan fingerprint density at radius 1 is 1.46 bits per heavy atom. The number of carboxylic acid groups (broad SMARTS) is 1. The Balaban J connectivity index is 0. The molecule has 0 spiro atoms. The lowest BCUT2D eigenvalue weighted by molar-refractivity contribution is -0.0119. The lowest BCUT2D eigenvalue weighted by Gasteiger charge is -2.12. The quantitative estimate of drug-likeness (QED) is 0.362. The molecular formula is C7H15NO5. The molecule has 6 N–H and O–H groups in total. The number of amides is 1. The van der Waals surface area contributed by atoms with Gasteiger partial charge < -0.3 is 26.2 Å². The van der Waals surface area contributed by atoms with Gasteiger partial charge in [0.15, 0.2) is 0 Å². The van der Waals surface area contributed by atoms with Crippen LogP contribution in [0, 0.1) is 0 Å². The number of nitrogens with two attached hydrogens (primary N) is 1. The molecule has 0 fully saturated rings. The Morgan fingerprint density at radius 2 is 1.85 bits per heavy atom. The van der Waals surface area contributed by atoms with E-state index >= 15 is 0 Å². The van der Waals surface area contributed by atoms with Crippen LogP contribution in [-0.2, 0) is 0 Å². The second kappa shape index (κ2) is 8.98. The molecule has 2 atom stereocenters. The Bertz CT molecular complexity index is 146. The van der Waals surface area contributed by atoms with Gasteiger partial charge >= 0.3 is 6.09 Å². The minimum absolute atomic E-state index is 0.307. The molecule has 2 unspecified atom stereocenters. The van der Waals surface area contributed by atoms with Crippen LogP contribution in [0.5, 0.6) is 0 Å². The highest BCUT2D eigenvalue weighted by atomic mass is 16.4. The van der Waals surface area contributed by atoms with E-state index in [4.69, 9.17) is 25.2 Å². The maximum Gasteiger partial charge on any atom is 0.402 e. The van der Waals surface area contributed by atoms with Gasteiger partial charge in [0.1, 0.15) is 6.10 Å². The van der Waals surface area contributed by atoms with E-state index in [0.29, 0.717) is 6.42 Å². The minimum atomic E-state index is -1.33. The van der Waals surface area contributed by atoms with Gasteiger partial charge in [0.2, 0.25) is 0 Å². The Kier molecular flexibility index (Phi) is 9.96. The third-order valence-electron chi connectivity index (χ3n) is 1.04. The van der Waals surface area contributed by atoms with Crippen LogP contribution in [-0.4, -0.2) is 45.3 Å². The predicted molar refractivity (Wildman–Crippen MR) is 46.1 cm³/mol. The first-order chi connectivity index (χ1) is 5.95. The van der Waals surface area contributed by atoms with E-state index in [1.165, 1.54) is 6.08 Å². The van der Waals surface area contributed by atoms with Crippen molar-refractivity contribution in [1.29, 1.82) is 0 Å². The number of primary amides is 1. The van der Waals surface area contributed by atoms with Gasteiger partial charge in [0.05, 0.1) is 12.7 Å². The number of carbonyl (C=O) groups is 1. The molecule has 0 bridgehead atoms. The molecule has 0 aromatic carbocycles. The second-order valence-corrected chi connectivity index (χ2v) is 2.18. The topological polar surface area (TPSA) is 124 Å². The van der Waals surface area contributed by atoms with Gasteiger partial charge in [-0.05, 0) is 6.42 Å². The summed E-state index contributed by atoms with van der Waals surface area (Å²) in [4.78, 5) is 8.78. The summed E-state index contributed by atoms with van der Waals surface area (Å²) >= 11 is 0. The molecule has 0 aliphatic rings. The van der Waals surface area contributed by atoms with E-state index in [-0.39, 0.29) is 0 Å². The Labute approximate surface area is 75.9 Å². The first kappa shape index (κ1) is 14.4. The summed E-state index contributed by atoms with van der Waals surface area (Å²) in [7, 11) is 0. The summed E-state index contributed by atoms with van der Waals surface area (Å²) in [6.45, 7) is 2.96. The van der Waals surface area contributed by atoms with Crippen LogP contribution in [0.25, 0.3) is 0 Å². The molecule has 0 aliphatic heterocycles. The second-order valence-electron chi connectivity index (χ2n) is 2.18. The van der Waals surface area contributed by atoms with E-state index < -0.39 is 24.9 Å². The summed E-state index contributed by atoms with van der Waals surface area (Å²) < 4.78 is 0. The van der Waals surface area contributed by atoms with Gasteiger partial charge in [-0.15, -0.1) is 6.58 Å². The average molecular weight is 193 g/mol. The van der Waals surface area contributed by atoms with Crippen LogP contribution < -0.4 is 5.73 Å². The molecule has 6 nitrogen and oxygen atoms in total. The number of aliphatic hydroxyl groups excluding tert-OH is 3. The summed E-state index contributed by atoms with van der Waals surface area (Å²) in [6, 6.07) is 0. The molecule has 78 valence electrons. The van der Waals surface area contributed by atoms with Crippen molar-refractivity contribution in [2.75, 3.05) is 6.61 Å². The first-order valence-electron chi connectivity index (χ1n) is 3.52. The summed E-state index contributed by atoms with van der Waals surface area (Å²) in [5, 5.41) is 33.0. The molecule has 0 aromatic heterocycles. The lowest BCUT2D eigenvalue weighted by Crippen LogP contribution is -2.28. The molecular weight excluding hydrogens is 178 g/mol. The van der Waals surface area contributed by atoms with Crippen molar-refractivity contribution in [3.63, 3.8) is 0 Å². The van der Waals surface area contributed by atoms with E-state index in [1.54, 1.807) is 0 Å². The number of rotatable bonds is 4. The standard InChI is InChI=1S/C6H12O3.CH3NO2/c1-2-3-5(8)6(9)4-7;2-1(3)4/h2,5-9H,1,3-4H2;2H2,(H,3,4). The number of aliphatic hydroxyl groups is 3. The van der Waals surface area contributed by atoms with Crippen molar-refractivity contribution in [3.8, 4) is 0 Å². The highest BCUT2D eigenvalue weighted by Crippen LogP contribution is 1.97. The van der Waals surface area contributed by atoms with Crippen LogP contribution >= 0.6 is 0 Å².